The molecule has 0 saturated heterocycles. The molecule has 1 aliphatic rings. The van der Waals surface area contributed by atoms with Gasteiger partial charge in [0.25, 0.3) is 0 Å². The number of aryl methyl sites for hydroxylation is 1. The Balaban J connectivity index is 1.73. The number of nitrogens with zero attached hydrogens (tertiary/aromatic N) is 5. The predicted octanol–water partition coefficient (Wildman–Crippen LogP) is 3.26. The fourth-order valence-corrected chi connectivity index (χ4v) is 3.43. The number of halogens is 1. The summed E-state index contributed by atoms with van der Waals surface area (Å²) in [7, 11) is 2.02. The Kier molecular flexibility index (Phi) is 6.50. The van der Waals surface area contributed by atoms with Crippen molar-refractivity contribution in [1.82, 2.24) is 25.0 Å². The third kappa shape index (κ3) is 4.55. The van der Waals surface area contributed by atoms with Crippen molar-refractivity contribution < 1.29 is 0 Å². The summed E-state index contributed by atoms with van der Waals surface area (Å²) in [4.78, 5) is 6.87. The van der Waals surface area contributed by atoms with Crippen LogP contribution in [0.3, 0.4) is 0 Å². The molecule has 0 amide bonds. The van der Waals surface area contributed by atoms with E-state index in [-0.39, 0.29) is 0 Å². The molecular formula is C19H27ClN6. The molecule has 1 aromatic carbocycles. The molecule has 2 heterocycles. The van der Waals surface area contributed by atoms with Crippen LogP contribution in [0.2, 0.25) is 5.02 Å². The Morgan fingerprint density at radius 3 is 2.92 bits per heavy atom. The normalized spacial score (nSPS) is 14.7. The number of benzene rings is 1. The quantitative estimate of drug-likeness (QED) is 0.644. The molecule has 3 rings (SSSR count). The third-order valence-corrected chi connectivity index (χ3v) is 4.99. The van der Waals surface area contributed by atoms with E-state index in [1.165, 1.54) is 19.3 Å². The lowest BCUT2D eigenvalue weighted by molar-refractivity contribution is 0.475. The zero-order valence-electron chi connectivity index (χ0n) is 15.6. The Morgan fingerprint density at radius 1 is 1.27 bits per heavy atom. The molecular weight excluding hydrogens is 348 g/mol. The molecule has 0 aliphatic carbocycles. The van der Waals surface area contributed by atoms with Gasteiger partial charge >= 0.3 is 0 Å². The largest absolute Gasteiger partial charge is 0.357 e. The summed E-state index contributed by atoms with van der Waals surface area (Å²) < 4.78 is 2.24. The maximum absolute atomic E-state index is 6.29. The van der Waals surface area contributed by atoms with Gasteiger partial charge in [-0.25, -0.2) is 4.99 Å². The average Bonchev–Trinajstić information content (AvgIpc) is 2.87. The average molecular weight is 375 g/mol. The van der Waals surface area contributed by atoms with Gasteiger partial charge in [0.15, 0.2) is 11.8 Å². The molecule has 0 spiro atoms. The molecule has 6 nitrogen and oxygen atoms in total. The van der Waals surface area contributed by atoms with E-state index in [0.717, 1.165) is 47.7 Å². The zero-order chi connectivity index (χ0) is 18.4. The number of aromatic nitrogens is 3. The first-order valence-corrected chi connectivity index (χ1v) is 9.70. The van der Waals surface area contributed by atoms with Crippen LogP contribution in [0.1, 0.15) is 43.4 Å². The van der Waals surface area contributed by atoms with E-state index in [1.807, 2.05) is 31.3 Å². The smallest absolute Gasteiger partial charge is 0.194 e. The maximum Gasteiger partial charge on any atom is 0.194 e. The van der Waals surface area contributed by atoms with Crippen LogP contribution in [-0.4, -0.2) is 39.2 Å². The minimum atomic E-state index is 0.530. The molecule has 0 radical (unpaired) electrons. The Hall–Kier alpha value is -2.08. The van der Waals surface area contributed by atoms with Gasteiger partial charge < -0.3 is 14.8 Å². The summed E-state index contributed by atoms with van der Waals surface area (Å²) in [6.07, 6.45) is 4.66. The molecule has 0 unspecified atom stereocenters. The van der Waals surface area contributed by atoms with Crippen molar-refractivity contribution in [1.29, 1.82) is 0 Å². The predicted molar refractivity (Wildman–Crippen MR) is 105 cm³/mol. The summed E-state index contributed by atoms with van der Waals surface area (Å²) in [5.74, 6) is 2.89. The second-order valence-electron chi connectivity index (χ2n) is 6.61. The Bertz CT molecular complexity index is 754. The Labute approximate surface area is 160 Å². The molecule has 26 heavy (non-hydrogen) atoms. The molecule has 7 heteroatoms. The van der Waals surface area contributed by atoms with Gasteiger partial charge in [-0.15, -0.1) is 10.2 Å². The summed E-state index contributed by atoms with van der Waals surface area (Å²) in [6, 6.07) is 7.91. The SMILES string of the molecule is CCNC(=NCc1nnc2n1CCCCC2)N(C)Cc1ccccc1Cl. The first-order valence-electron chi connectivity index (χ1n) is 9.33. The number of hydrogen-bond acceptors (Lipinski definition) is 3. The maximum atomic E-state index is 6.29. The number of hydrogen-bond donors (Lipinski definition) is 1. The van der Waals surface area contributed by atoms with Crippen LogP contribution < -0.4 is 5.32 Å². The number of nitrogens with one attached hydrogen (secondary N) is 1. The second-order valence-corrected chi connectivity index (χ2v) is 7.02. The lowest BCUT2D eigenvalue weighted by Crippen LogP contribution is -2.38. The van der Waals surface area contributed by atoms with Crippen LogP contribution in [0, 0.1) is 0 Å². The highest BCUT2D eigenvalue weighted by Crippen LogP contribution is 2.17. The molecule has 1 aromatic heterocycles. The Morgan fingerprint density at radius 2 is 2.12 bits per heavy atom. The molecule has 0 saturated carbocycles. The first-order chi connectivity index (χ1) is 12.7. The van der Waals surface area contributed by atoms with Crippen molar-refractivity contribution in [2.45, 2.75) is 52.2 Å². The van der Waals surface area contributed by atoms with E-state index < -0.39 is 0 Å². The van der Waals surface area contributed by atoms with E-state index in [0.29, 0.717) is 13.1 Å². The highest BCUT2D eigenvalue weighted by Gasteiger charge is 2.15. The van der Waals surface area contributed by atoms with Crippen LogP contribution >= 0.6 is 11.6 Å². The van der Waals surface area contributed by atoms with Crippen molar-refractivity contribution >= 4 is 17.6 Å². The van der Waals surface area contributed by atoms with E-state index >= 15 is 0 Å². The van der Waals surface area contributed by atoms with E-state index in [9.17, 15) is 0 Å². The van der Waals surface area contributed by atoms with Crippen molar-refractivity contribution in [2.75, 3.05) is 13.6 Å². The highest BCUT2D eigenvalue weighted by atomic mass is 35.5. The van der Waals surface area contributed by atoms with Crippen molar-refractivity contribution in [2.24, 2.45) is 4.99 Å². The number of fused-ring (bicyclic) bond motifs is 1. The molecule has 0 atom stereocenters. The van der Waals surface area contributed by atoms with Gasteiger partial charge in [-0.3, -0.25) is 0 Å². The van der Waals surface area contributed by atoms with E-state index in [4.69, 9.17) is 16.6 Å². The van der Waals surface area contributed by atoms with Crippen molar-refractivity contribution in [3.8, 4) is 0 Å². The van der Waals surface area contributed by atoms with Gasteiger partial charge in [0, 0.05) is 38.1 Å². The fraction of sp³-hybridized carbons (Fsp3) is 0.526. The van der Waals surface area contributed by atoms with Gasteiger partial charge in [0.05, 0.1) is 0 Å². The summed E-state index contributed by atoms with van der Waals surface area (Å²) in [6.45, 7) is 5.11. The summed E-state index contributed by atoms with van der Waals surface area (Å²) >= 11 is 6.29. The number of guanidine groups is 1. The molecule has 1 aliphatic heterocycles. The van der Waals surface area contributed by atoms with Gasteiger partial charge in [0.2, 0.25) is 0 Å². The first kappa shape index (κ1) is 18.7. The summed E-state index contributed by atoms with van der Waals surface area (Å²) in [5.41, 5.74) is 1.08. The molecule has 2 aromatic rings. The van der Waals surface area contributed by atoms with Gasteiger partial charge in [-0.2, -0.15) is 0 Å². The van der Waals surface area contributed by atoms with E-state index in [1.54, 1.807) is 0 Å². The van der Waals surface area contributed by atoms with Gasteiger partial charge in [-0.05, 0) is 31.4 Å². The van der Waals surface area contributed by atoms with Crippen LogP contribution in [0.5, 0.6) is 0 Å². The number of rotatable bonds is 5. The van der Waals surface area contributed by atoms with Gasteiger partial charge in [-0.1, -0.05) is 36.2 Å². The molecule has 140 valence electrons. The highest BCUT2D eigenvalue weighted by molar-refractivity contribution is 6.31. The third-order valence-electron chi connectivity index (χ3n) is 4.62. The lowest BCUT2D eigenvalue weighted by atomic mass is 10.2. The molecule has 0 bridgehead atoms. The number of aliphatic imine (C=N–C) groups is 1. The topological polar surface area (TPSA) is 58.3 Å². The van der Waals surface area contributed by atoms with Crippen LogP contribution in [0.4, 0.5) is 0 Å². The van der Waals surface area contributed by atoms with Crippen LogP contribution in [-0.2, 0) is 26.1 Å². The summed E-state index contributed by atoms with van der Waals surface area (Å²) in [5, 5.41) is 12.9. The van der Waals surface area contributed by atoms with Crippen LogP contribution in [0.15, 0.2) is 29.3 Å². The minimum Gasteiger partial charge on any atom is -0.357 e. The standard InChI is InChI=1S/C19H27ClN6/c1-3-21-19(25(2)14-15-9-6-7-10-16(15)20)22-13-18-24-23-17-11-5-4-8-12-26(17)18/h6-7,9-10H,3-5,8,11-14H2,1-2H3,(H,21,22). The second kappa shape index (κ2) is 9.03. The van der Waals surface area contributed by atoms with Crippen LogP contribution in [0.25, 0.3) is 0 Å². The molecule has 0 fully saturated rings. The van der Waals surface area contributed by atoms with Crippen molar-refractivity contribution in [3.63, 3.8) is 0 Å². The van der Waals surface area contributed by atoms with E-state index in [2.05, 4.69) is 31.9 Å². The molecule has 1 N–H and O–H groups in total. The fourth-order valence-electron chi connectivity index (χ4n) is 3.23. The van der Waals surface area contributed by atoms with Gasteiger partial charge in [0.1, 0.15) is 12.4 Å². The monoisotopic (exact) mass is 374 g/mol. The lowest BCUT2D eigenvalue weighted by Gasteiger charge is -2.22. The zero-order valence-corrected chi connectivity index (χ0v) is 16.3. The minimum absolute atomic E-state index is 0.530. The van der Waals surface area contributed by atoms with Crippen molar-refractivity contribution in [3.05, 3.63) is 46.5 Å².